The maximum atomic E-state index is 10.4. The van der Waals surface area contributed by atoms with Gasteiger partial charge >= 0.3 is 5.97 Å². The Bertz CT molecular complexity index is 156. The second kappa shape index (κ2) is 4.42. The Morgan fingerprint density at radius 3 is 2.83 bits per heavy atom. The number of aliphatic carboxylic acids is 1. The van der Waals surface area contributed by atoms with Gasteiger partial charge in [-0.15, -0.1) is 0 Å². The molecule has 1 atom stereocenters. The molecule has 0 aromatic heterocycles. The molecule has 1 fully saturated rings. The van der Waals surface area contributed by atoms with E-state index in [1.807, 2.05) is 0 Å². The molecule has 0 amide bonds. The second-order valence-corrected chi connectivity index (χ2v) is 3.19. The first-order chi connectivity index (χ1) is 5.72. The van der Waals surface area contributed by atoms with Gasteiger partial charge in [0.1, 0.15) is 0 Å². The molecule has 0 aromatic carbocycles. The molecule has 1 rings (SSSR count). The SMILES string of the molecule is COCC(CC(=O)O)NC1CC1. The van der Waals surface area contributed by atoms with Gasteiger partial charge in [-0.1, -0.05) is 0 Å². The molecule has 4 heteroatoms. The number of carboxylic acids is 1. The number of ether oxygens (including phenoxy) is 1. The summed E-state index contributed by atoms with van der Waals surface area (Å²) in [5, 5.41) is 11.8. The number of nitrogens with one attached hydrogen (secondary N) is 1. The van der Waals surface area contributed by atoms with E-state index in [1.54, 1.807) is 7.11 Å². The van der Waals surface area contributed by atoms with Gasteiger partial charge in [0, 0.05) is 19.2 Å². The van der Waals surface area contributed by atoms with E-state index in [4.69, 9.17) is 9.84 Å². The molecular formula is C8H15NO3. The second-order valence-electron chi connectivity index (χ2n) is 3.19. The lowest BCUT2D eigenvalue weighted by Gasteiger charge is -2.14. The molecule has 2 N–H and O–H groups in total. The summed E-state index contributed by atoms with van der Waals surface area (Å²) in [7, 11) is 1.59. The predicted octanol–water partition coefficient (Wildman–Crippen LogP) is 0.228. The van der Waals surface area contributed by atoms with E-state index in [0.29, 0.717) is 12.6 Å². The molecule has 1 unspecified atom stereocenters. The van der Waals surface area contributed by atoms with Gasteiger partial charge in [-0.2, -0.15) is 0 Å². The fourth-order valence-electron chi connectivity index (χ4n) is 1.16. The predicted molar refractivity (Wildman–Crippen MR) is 44.1 cm³/mol. The number of carboxylic acid groups (broad SMARTS) is 1. The standard InChI is InChI=1S/C8H15NO3/c1-12-5-7(4-8(10)11)9-6-2-3-6/h6-7,9H,2-5H2,1H3,(H,10,11). The molecule has 0 heterocycles. The third kappa shape index (κ3) is 3.69. The van der Waals surface area contributed by atoms with Crippen molar-refractivity contribution >= 4 is 5.97 Å². The Kier molecular flexibility index (Phi) is 3.49. The summed E-state index contributed by atoms with van der Waals surface area (Å²) < 4.78 is 4.91. The van der Waals surface area contributed by atoms with E-state index < -0.39 is 5.97 Å². The zero-order chi connectivity index (χ0) is 8.97. The summed E-state index contributed by atoms with van der Waals surface area (Å²) in [5.41, 5.74) is 0. The quantitative estimate of drug-likeness (QED) is 0.603. The summed E-state index contributed by atoms with van der Waals surface area (Å²) >= 11 is 0. The summed E-state index contributed by atoms with van der Waals surface area (Å²) in [6.07, 6.45) is 2.48. The zero-order valence-electron chi connectivity index (χ0n) is 7.25. The molecule has 0 radical (unpaired) electrons. The Hall–Kier alpha value is -0.610. The molecule has 1 aliphatic carbocycles. The van der Waals surface area contributed by atoms with Gasteiger partial charge in [-0.25, -0.2) is 0 Å². The molecule has 1 saturated carbocycles. The van der Waals surface area contributed by atoms with Gasteiger partial charge in [0.05, 0.1) is 13.0 Å². The van der Waals surface area contributed by atoms with E-state index in [0.717, 1.165) is 0 Å². The number of hydrogen-bond acceptors (Lipinski definition) is 3. The Balaban J connectivity index is 2.20. The minimum absolute atomic E-state index is 0.0278. The first kappa shape index (κ1) is 9.48. The van der Waals surface area contributed by atoms with Crippen LogP contribution in [0.3, 0.4) is 0 Å². The third-order valence-electron chi connectivity index (χ3n) is 1.84. The van der Waals surface area contributed by atoms with Crippen LogP contribution in [-0.2, 0) is 9.53 Å². The molecule has 4 nitrogen and oxygen atoms in total. The Morgan fingerprint density at radius 1 is 1.75 bits per heavy atom. The molecule has 0 bridgehead atoms. The van der Waals surface area contributed by atoms with Crippen molar-refractivity contribution in [1.29, 1.82) is 0 Å². The van der Waals surface area contributed by atoms with E-state index in [1.165, 1.54) is 12.8 Å². The molecule has 0 saturated heterocycles. The molecular weight excluding hydrogens is 158 g/mol. The van der Waals surface area contributed by atoms with Crippen molar-refractivity contribution < 1.29 is 14.6 Å². The lowest BCUT2D eigenvalue weighted by atomic mass is 10.2. The van der Waals surface area contributed by atoms with Crippen LogP contribution in [0.2, 0.25) is 0 Å². The van der Waals surface area contributed by atoms with Gasteiger partial charge < -0.3 is 15.2 Å². The summed E-state index contributed by atoms with van der Waals surface area (Å²) in [6, 6.07) is 0.504. The highest BCUT2D eigenvalue weighted by Crippen LogP contribution is 2.19. The van der Waals surface area contributed by atoms with Crippen LogP contribution < -0.4 is 5.32 Å². The van der Waals surface area contributed by atoms with Gasteiger partial charge in [0.15, 0.2) is 0 Å². The van der Waals surface area contributed by atoms with Crippen LogP contribution in [0, 0.1) is 0 Å². The normalized spacial score (nSPS) is 19.1. The maximum absolute atomic E-state index is 10.4. The average Bonchev–Trinajstić information content (AvgIpc) is 2.70. The van der Waals surface area contributed by atoms with Gasteiger partial charge in [0.25, 0.3) is 0 Å². The highest BCUT2D eigenvalue weighted by molar-refractivity contribution is 5.67. The lowest BCUT2D eigenvalue weighted by molar-refractivity contribution is -0.137. The highest BCUT2D eigenvalue weighted by Gasteiger charge is 2.25. The van der Waals surface area contributed by atoms with E-state index in [-0.39, 0.29) is 12.5 Å². The van der Waals surface area contributed by atoms with Crippen molar-refractivity contribution in [3.05, 3.63) is 0 Å². The van der Waals surface area contributed by atoms with Crippen molar-refractivity contribution in [2.75, 3.05) is 13.7 Å². The summed E-state index contributed by atoms with van der Waals surface area (Å²) in [4.78, 5) is 10.4. The summed E-state index contributed by atoms with van der Waals surface area (Å²) in [5.74, 6) is -0.773. The molecule has 0 spiro atoms. The molecule has 70 valence electrons. The van der Waals surface area contributed by atoms with E-state index in [9.17, 15) is 4.79 Å². The number of hydrogen-bond donors (Lipinski definition) is 2. The number of rotatable bonds is 6. The van der Waals surface area contributed by atoms with Gasteiger partial charge in [0.2, 0.25) is 0 Å². The van der Waals surface area contributed by atoms with Gasteiger partial charge in [-0.05, 0) is 12.8 Å². The smallest absolute Gasteiger partial charge is 0.305 e. The topological polar surface area (TPSA) is 58.6 Å². The zero-order valence-corrected chi connectivity index (χ0v) is 7.25. The highest BCUT2D eigenvalue weighted by atomic mass is 16.5. The minimum atomic E-state index is -0.773. The third-order valence-corrected chi connectivity index (χ3v) is 1.84. The monoisotopic (exact) mass is 173 g/mol. The van der Waals surface area contributed by atoms with Crippen molar-refractivity contribution in [2.24, 2.45) is 0 Å². The number of carbonyl (C=O) groups is 1. The Labute approximate surface area is 71.9 Å². The van der Waals surface area contributed by atoms with Crippen LogP contribution in [0.1, 0.15) is 19.3 Å². The molecule has 0 aliphatic heterocycles. The number of methoxy groups -OCH3 is 1. The minimum Gasteiger partial charge on any atom is -0.481 e. The molecule has 12 heavy (non-hydrogen) atoms. The average molecular weight is 173 g/mol. The molecule has 1 aliphatic rings. The molecule has 0 aromatic rings. The summed E-state index contributed by atoms with van der Waals surface area (Å²) in [6.45, 7) is 0.475. The van der Waals surface area contributed by atoms with Crippen LogP contribution in [0.5, 0.6) is 0 Å². The van der Waals surface area contributed by atoms with Crippen molar-refractivity contribution in [1.82, 2.24) is 5.32 Å². The van der Waals surface area contributed by atoms with Crippen LogP contribution in [0.15, 0.2) is 0 Å². The first-order valence-electron chi connectivity index (χ1n) is 4.19. The van der Waals surface area contributed by atoms with Crippen molar-refractivity contribution in [3.8, 4) is 0 Å². The van der Waals surface area contributed by atoms with Crippen molar-refractivity contribution in [3.63, 3.8) is 0 Å². The van der Waals surface area contributed by atoms with E-state index in [2.05, 4.69) is 5.32 Å². The van der Waals surface area contributed by atoms with Crippen molar-refractivity contribution in [2.45, 2.75) is 31.3 Å². The van der Waals surface area contributed by atoms with Crippen LogP contribution >= 0.6 is 0 Å². The van der Waals surface area contributed by atoms with Gasteiger partial charge in [-0.3, -0.25) is 4.79 Å². The van der Waals surface area contributed by atoms with Crippen LogP contribution in [0.25, 0.3) is 0 Å². The fraction of sp³-hybridized carbons (Fsp3) is 0.875. The van der Waals surface area contributed by atoms with E-state index >= 15 is 0 Å². The Morgan fingerprint density at radius 2 is 2.42 bits per heavy atom. The lowest BCUT2D eigenvalue weighted by Crippen LogP contribution is -2.36. The largest absolute Gasteiger partial charge is 0.481 e. The van der Waals surface area contributed by atoms with Crippen LogP contribution in [-0.4, -0.2) is 36.9 Å². The maximum Gasteiger partial charge on any atom is 0.305 e. The fourth-order valence-corrected chi connectivity index (χ4v) is 1.16. The van der Waals surface area contributed by atoms with Crippen LogP contribution in [0.4, 0.5) is 0 Å². The first-order valence-corrected chi connectivity index (χ1v) is 4.19.